The zero-order valence-electron chi connectivity index (χ0n) is 7.78. The predicted octanol–water partition coefficient (Wildman–Crippen LogP) is 1.94. The lowest BCUT2D eigenvalue weighted by molar-refractivity contribution is -0.175. The van der Waals surface area contributed by atoms with E-state index in [9.17, 15) is 18.0 Å². The summed E-state index contributed by atoms with van der Waals surface area (Å²) in [5.41, 5.74) is 0. The van der Waals surface area contributed by atoms with Crippen LogP contribution in [0.1, 0.15) is 19.8 Å². The Hall–Kier alpha value is -1.02. The number of alkyl halides is 3. The van der Waals surface area contributed by atoms with E-state index in [1.165, 1.54) is 0 Å². The Bertz CT molecular complexity index is 235. The average Bonchev–Trinajstić information content (AvgIpc) is 2.02. The highest BCUT2D eigenvalue weighted by Gasteiger charge is 2.27. The minimum absolute atomic E-state index is 0.138. The molecule has 0 saturated heterocycles. The summed E-state index contributed by atoms with van der Waals surface area (Å²) < 4.78 is 38.8. The van der Waals surface area contributed by atoms with E-state index in [0.29, 0.717) is 6.42 Å². The van der Waals surface area contributed by atoms with Crippen LogP contribution in [0.4, 0.5) is 13.2 Å². The molecule has 0 radical (unpaired) electrons. The van der Waals surface area contributed by atoms with Crippen LogP contribution in [0, 0.1) is 11.8 Å². The summed E-state index contributed by atoms with van der Waals surface area (Å²) in [6.45, 7) is -0.242. The molecular formula is C9H11F3O2. The van der Waals surface area contributed by atoms with E-state index < -0.39 is 19.4 Å². The maximum atomic E-state index is 11.6. The van der Waals surface area contributed by atoms with Gasteiger partial charge in [0.1, 0.15) is 13.2 Å². The third kappa shape index (κ3) is 9.07. The van der Waals surface area contributed by atoms with Crippen molar-refractivity contribution < 1.29 is 22.7 Å². The summed E-state index contributed by atoms with van der Waals surface area (Å²) in [5.74, 6) is 4.85. The smallest absolute Gasteiger partial charge is 0.364 e. The lowest BCUT2D eigenvalue weighted by Gasteiger charge is -2.05. The lowest BCUT2D eigenvalue weighted by Crippen LogP contribution is -2.20. The van der Waals surface area contributed by atoms with Crippen LogP contribution in [0.2, 0.25) is 0 Å². The Balaban J connectivity index is 3.48. The molecule has 0 aromatic rings. The van der Waals surface area contributed by atoms with Gasteiger partial charge in [-0.3, -0.25) is 4.79 Å². The molecule has 0 spiro atoms. The van der Waals surface area contributed by atoms with Crippen molar-refractivity contribution in [3.63, 3.8) is 0 Å². The zero-order chi connectivity index (χ0) is 11.0. The Kier molecular flexibility index (Phi) is 5.97. The average molecular weight is 208 g/mol. The molecule has 0 atom stereocenters. The molecule has 0 fully saturated rings. The number of Topliss-reactive ketones (excluding diaryl/α,β-unsaturated/α-hetero) is 1. The Morgan fingerprint density at radius 2 is 2.07 bits per heavy atom. The van der Waals surface area contributed by atoms with Crippen LogP contribution in [-0.4, -0.2) is 25.2 Å². The minimum Gasteiger partial charge on any atom is -0.364 e. The third-order valence-corrected chi connectivity index (χ3v) is 1.23. The highest BCUT2D eigenvalue weighted by Crippen LogP contribution is 2.14. The second kappa shape index (κ2) is 6.44. The summed E-state index contributed by atoms with van der Waals surface area (Å²) in [4.78, 5) is 10.8. The van der Waals surface area contributed by atoms with E-state index >= 15 is 0 Å². The summed E-state index contributed by atoms with van der Waals surface area (Å²) in [5, 5.41) is 0. The Labute approximate surface area is 80.4 Å². The quantitative estimate of drug-likeness (QED) is 0.645. The topological polar surface area (TPSA) is 26.3 Å². The molecule has 5 heteroatoms. The van der Waals surface area contributed by atoms with E-state index in [1.54, 1.807) is 6.92 Å². The van der Waals surface area contributed by atoms with E-state index in [4.69, 9.17) is 0 Å². The number of hydrogen-bond acceptors (Lipinski definition) is 2. The molecule has 0 aliphatic rings. The van der Waals surface area contributed by atoms with Crippen molar-refractivity contribution in [3.05, 3.63) is 0 Å². The summed E-state index contributed by atoms with van der Waals surface area (Å²) in [7, 11) is 0. The van der Waals surface area contributed by atoms with Gasteiger partial charge in [-0.1, -0.05) is 0 Å². The fraction of sp³-hybridized carbons (Fsp3) is 0.667. The summed E-state index contributed by atoms with van der Waals surface area (Å²) >= 11 is 0. The van der Waals surface area contributed by atoms with Crippen LogP contribution in [0.5, 0.6) is 0 Å². The first kappa shape index (κ1) is 13.0. The predicted molar refractivity (Wildman–Crippen MR) is 44.6 cm³/mol. The molecule has 0 heterocycles. The van der Waals surface area contributed by atoms with E-state index in [1.807, 2.05) is 0 Å². The van der Waals surface area contributed by atoms with Gasteiger partial charge in [-0.2, -0.15) is 13.2 Å². The van der Waals surface area contributed by atoms with Crippen LogP contribution in [-0.2, 0) is 9.53 Å². The van der Waals surface area contributed by atoms with Gasteiger partial charge in [0.2, 0.25) is 0 Å². The van der Waals surface area contributed by atoms with Crippen LogP contribution >= 0.6 is 0 Å². The fourth-order valence-corrected chi connectivity index (χ4v) is 0.680. The molecule has 0 N–H and O–H groups in total. The number of rotatable bonds is 5. The standard InChI is InChI=1S/C9H11F3O2/c1-2-3-4-5-8(13)6-14-7-9(10,11)12/h4-7H2,1H3. The van der Waals surface area contributed by atoms with Crippen molar-refractivity contribution in [2.45, 2.75) is 25.9 Å². The maximum Gasteiger partial charge on any atom is 0.411 e. The number of ketones is 1. The largest absolute Gasteiger partial charge is 0.411 e. The number of ether oxygens (including phenoxy) is 1. The van der Waals surface area contributed by atoms with Crippen molar-refractivity contribution in [2.24, 2.45) is 0 Å². The van der Waals surface area contributed by atoms with Crippen molar-refractivity contribution in [3.8, 4) is 11.8 Å². The normalized spacial score (nSPS) is 10.6. The van der Waals surface area contributed by atoms with Gasteiger partial charge in [-0.05, 0) is 6.92 Å². The first-order chi connectivity index (χ1) is 6.45. The van der Waals surface area contributed by atoms with E-state index in [0.717, 1.165) is 0 Å². The van der Waals surface area contributed by atoms with Crippen LogP contribution in [0.25, 0.3) is 0 Å². The second-order valence-corrected chi connectivity index (χ2v) is 2.57. The van der Waals surface area contributed by atoms with Crippen LogP contribution in [0.15, 0.2) is 0 Å². The number of halogens is 3. The molecule has 0 rings (SSSR count). The van der Waals surface area contributed by atoms with Crippen LogP contribution in [0.3, 0.4) is 0 Å². The van der Waals surface area contributed by atoms with Crippen molar-refractivity contribution in [2.75, 3.05) is 13.2 Å². The van der Waals surface area contributed by atoms with E-state index in [2.05, 4.69) is 16.6 Å². The van der Waals surface area contributed by atoms with Crippen molar-refractivity contribution in [1.82, 2.24) is 0 Å². The van der Waals surface area contributed by atoms with Gasteiger partial charge in [-0.25, -0.2) is 0 Å². The first-order valence-electron chi connectivity index (χ1n) is 4.01. The fourth-order valence-electron chi connectivity index (χ4n) is 0.680. The van der Waals surface area contributed by atoms with Crippen molar-refractivity contribution in [1.29, 1.82) is 0 Å². The molecule has 0 aromatic carbocycles. The number of carbonyl (C=O) groups excluding carboxylic acids is 1. The molecule has 0 amide bonds. The molecule has 0 aliphatic carbocycles. The Morgan fingerprint density at radius 3 is 2.57 bits per heavy atom. The number of hydrogen-bond donors (Lipinski definition) is 0. The first-order valence-corrected chi connectivity index (χ1v) is 4.01. The van der Waals surface area contributed by atoms with Crippen LogP contribution < -0.4 is 0 Å². The highest BCUT2D eigenvalue weighted by molar-refractivity contribution is 5.79. The molecule has 14 heavy (non-hydrogen) atoms. The number of carbonyl (C=O) groups is 1. The zero-order valence-corrected chi connectivity index (χ0v) is 7.78. The molecule has 0 saturated carbocycles. The van der Waals surface area contributed by atoms with Gasteiger partial charge < -0.3 is 4.74 Å². The molecule has 80 valence electrons. The van der Waals surface area contributed by atoms with Gasteiger partial charge >= 0.3 is 6.18 Å². The highest BCUT2D eigenvalue weighted by atomic mass is 19.4. The second-order valence-electron chi connectivity index (χ2n) is 2.57. The third-order valence-electron chi connectivity index (χ3n) is 1.23. The summed E-state index contributed by atoms with van der Waals surface area (Å²) in [6, 6.07) is 0. The monoisotopic (exact) mass is 208 g/mol. The van der Waals surface area contributed by atoms with Gasteiger partial charge in [-0.15, -0.1) is 11.8 Å². The lowest BCUT2D eigenvalue weighted by atomic mass is 10.2. The minimum atomic E-state index is -4.37. The van der Waals surface area contributed by atoms with Crippen molar-refractivity contribution >= 4 is 5.78 Å². The molecule has 2 nitrogen and oxygen atoms in total. The molecule has 0 aliphatic heterocycles. The maximum absolute atomic E-state index is 11.6. The van der Waals surface area contributed by atoms with Gasteiger partial charge in [0.05, 0.1) is 0 Å². The van der Waals surface area contributed by atoms with Gasteiger partial charge in [0.25, 0.3) is 0 Å². The van der Waals surface area contributed by atoms with Gasteiger partial charge in [0, 0.05) is 12.8 Å². The molecule has 0 unspecified atom stereocenters. The summed E-state index contributed by atoms with van der Waals surface area (Å²) in [6.07, 6.45) is -3.87. The SMILES string of the molecule is CC#CCCC(=O)COCC(F)(F)F. The molecular weight excluding hydrogens is 197 g/mol. The van der Waals surface area contributed by atoms with E-state index in [-0.39, 0.29) is 12.2 Å². The Morgan fingerprint density at radius 1 is 1.43 bits per heavy atom. The molecule has 0 aromatic heterocycles. The molecule has 0 bridgehead atoms. The van der Waals surface area contributed by atoms with Gasteiger partial charge in [0.15, 0.2) is 5.78 Å².